The fraction of sp³-hybridized carbons (Fsp3) is 0.583. The smallest absolute Gasteiger partial charge is 0.302 e. The van der Waals surface area contributed by atoms with Gasteiger partial charge in [0.05, 0.1) is 5.60 Å². The zero-order valence-corrected chi connectivity index (χ0v) is 9.91. The molecule has 0 aromatic heterocycles. The summed E-state index contributed by atoms with van der Waals surface area (Å²) in [6.45, 7) is 10.7. The number of ether oxygens (including phenoxy) is 1. The van der Waals surface area contributed by atoms with Crippen LogP contribution < -0.4 is 0 Å². The number of aliphatic hydroxyl groups is 1. The van der Waals surface area contributed by atoms with E-state index in [0.717, 1.165) is 5.57 Å². The average Bonchev–Trinajstić information content (AvgIpc) is 2.00. The standard InChI is InChI=1S/C12H20O3/c1-9(2)11(8-15-10(3)13)6-7-12(4,5)14/h6-7,11,14H,1,8H2,2-5H3. The topological polar surface area (TPSA) is 46.5 Å². The maximum atomic E-state index is 10.6. The molecule has 0 aliphatic heterocycles. The summed E-state index contributed by atoms with van der Waals surface area (Å²) in [5.41, 5.74) is 0.0425. The predicted octanol–water partition coefficient (Wildman–Crippen LogP) is 2.07. The Morgan fingerprint density at radius 3 is 2.40 bits per heavy atom. The van der Waals surface area contributed by atoms with E-state index in [4.69, 9.17) is 4.74 Å². The molecule has 1 atom stereocenters. The second kappa shape index (κ2) is 5.71. The molecule has 0 saturated heterocycles. The molecule has 0 aliphatic carbocycles. The van der Waals surface area contributed by atoms with Gasteiger partial charge in [0.15, 0.2) is 0 Å². The lowest BCUT2D eigenvalue weighted by Gasteiger charge is -2.15. The maximum Gasteiger partial charge on any atom is 0.302 e. The van der Waals surface area contributed by atoms with Gasteiger partial charge >= 0.3 is 5.97 Å². The Balaban J connectivity index is 4.35. The summed E-state index contributed by atoms with van der Waals surface area (Å²) in [6.07, 6.45) is 3.49. The van der Waals surface area contributed by atoms with Crippen LogP contribution >= 0.6 is 0 Å². The largest absolute Gasteiger partial charge is 0.465 e. The fourth-order valence-corrected chi connectivity index (χ4v) is 0.921. The van der Waals surface area contributed by atoms with Crippen molar-refractivity contribution < 1.29 is 14.6 Å². The zero-order valence-electron chi connectivity index (χ0n) is 9.91. The number of carbonyl (C=O) groups excluding carboxylic acids is 1. The van der Waals surface area contributed by atoms with E-state index in [9.17, 15) is 9.90 Å². The van der Waals surface area contributed by atoms with E-state index in [0.29, 0.717) is 0 Å². The van der Waals surface area contributed by atoms with Crippen molar-refractivity contribution in [2.75, 3.05) is 6.61 Å². The highest BCUT2D eigenvalue weighted by Gasteiger charge is 2.11. The molecule has 0 aromatic carbocycles. The molecule has 0 radical (unpaired) electrons. The second-order valence-corrected chi connectivity index (χ2v) is 4.27. The Kier molecular flexibility index (Phi) is 5.29. The van der Waals surface area contributed by atoms with Gasteiger partial charge in [0.1, 0.15) is 6.61 Å². The quantitative estimate of drug-likeness (QED) is 0.560. The van der Waals surface area contributed by atoms with Crippen LogP contribution in [0.1, 0.15) is 27.7 Å². The minimum Gasteiger partial charge on any atom is -0.465 e. The Hall–Kier alpha value is -1.09. The molecular formula is C12H20O3. The van der Waals surface area contributed by atoms with E-state index in [1.165, 1.54) is 6.92 Å². The van der Waals surface area contributed by atoms with Gasteiger partial charge in [-0.2, -0.15) is 0 Å². The van der Waals surface area contributed by atoms with E-state index < -0.39 is 5.60 Å². The summed E-state index contributed by atoms with van der Waals surface area (Å²) in [6, 6.07) is 0. The number of hydrogen-bond acceptors (Lipinski definition) is 3. The molecule has 0 spiro atoms. The van der Waals surface area contributed by atoms with Crippen molar-refractivity contribution in [3.63, 3.8) is 0 Å². The van der Waals surface area contributed by atoms with Crippen LogP contribution in [0.25, 0.3) is 0 Å². The van der Waals surface area contributed by atoms with Crippen molar-refractivity contribution in [1.29, 1.82) is 0 Å². The average molecular weight is 212 g/mol. The molecule has 0 rings (SSSR count). The van der Waals surface area contributed by atoms with Gasteiger partial charge in [0.25, 0.3) is 0 Å². The summed E-state index contributed by atoms with van der Waals surface area (Å²) >= 11 is 0. The molecule has 0 aromatic rings. The predicted molar refractivity (Wildman–Crippen MR) is 60.4 cm³/mol. The first-order chi connectivity index (χ1) is 6.72. The van der Waals surface area contributed by atoms with Gasteiger partial charge in [0, 0.05) is 12.8 Å². The van der Waals surface area contributed by atoms with Crippen LogP contribution in [-0.2, 0) is 9.53 Å². The molecule has 0 fully saturated rings. The van der Waals surface area contributed by atoms with Crippen LogP contribution in [0.5, 0.6) is 0 Å². The molecule has 3 nitrogen and oxygen atoms in total. The monoisotopic (exact) mass is 212 g/mol. The lowest BCUT2D eigenvalue weighted by Crippen LogP contribution is -2.16. The van der Waals surface area contributed by atoms with Crippen LogP contribution in [0.4, 0.5) is 0 Å². The first kappa shape index (κ1) is 13.9. The fourth-order valence-electron chi connectivity index (χ4n) is 0.921. The number of carbonyl (C=O) groups is 1. The number of hydrogen-bond donors (Lipinski definition) is 1. The third kappa shape index (κ3) is 7.94. The Morgan fingerprint density at radius 1 is 1.53 bits per heavy atom. The van der Waals surface area contributed by atoms with Gasteiger partial charge in [-0.1, -0.05) is 24.3 Å². The molecule has 0 heterocycles. The summed E-state index contributed by atoms with van der Waals surface area (Å²) in [7, 11) is 0. The molecule has 0 aliphatic rings. The molecule has 0 bridgehead atoms. The van der Waals surface area contributed by atoms with E-state index in [1.807, 2.05) is 13.0 Å². The molecule has 3 heteroatoms. The lowest BCUT2D eigenvalue weighted by molar-refractivity contribution is -0.141. The molecule has 1 N–H and O–H groups in total. The van der Waals surface area contributed by atoms with Crippen molar-refractivity contribution in [3.8, 4) is 0 Å². The van der Waals surface area contributed by atoms with E-state index >= 15 is 0 Å². The van der Waals surface area contributed by atoms with Crippen LogP contribution in [0.2, 0.25) is 0 Å². The number of esters is 1. The van der Waals surface area contributed by atoms with Crippen molar-refractivity contribution in [1.82, 2.24) is 0 Å². The Labute approximate surface area is 91.4 Å². The Morgan fingerprint density at radius 2 is 2.07 bits per heavy atom. The molecule has 1 unspecified atom stereocenters. The van der Waals surface area contributed by atoms with Gasteiger partial charge in [0.2, 0.25) is 0 Å². The van der Waals surface area contributed by atoms with Crippen molar-refractivity contribution in [2.24, 2.45) is 5.92 Å². The van der Waals surface area contributed by atoms with Gasteiger partial charge < -0.3 is 9.84 Å². The Bertz CT molecular complexity index is 259. The van der Waals surface area contributed by atoms with Gasteiger partial charge in [-0.3, -0.25) is 4.79 Å². The van der Waals surface area contributed by atoms with Crippen LogP contribution in [0.3, 0.4) is 0 Å². The third-order valence-corrected chi connectivity index (χ3v) is 1.84. The molecular weight excluding hydrogens is 192 g/mol. The summed E-state index contributed by atoms with van der Waals surface area (Å²) in [4.78, 5) is 10.6. The van der Waals surface area contributed by atoms with E-state index in [1.54, 1.807) is 19.9 Å². The van der Waals surface area contributed by atoms with E-state index in [-0.39, 0.29) is 18.5 Å². The highest BCUT2D eigenvalue weighted by Crippen LogP contribution is 2.13. The van der Waals surface area contributed by atoms with Crippen LogP contribution in [-0.4, -0.2) is 23.3 Å². The van der Waals surface area contributed by atoms with Crippen molar-refractivity contribution in [3.05, 3.63) is 24.3 Å². The number of rotatable bonds is 5. The first-order valence-corrected chi connectivity index (χ1v) is 4.93. The highest BCUT2D eigenvalue weighted by atomic mass is 16.5. The summed E-state index contributed by atoms with van der Waals surface area (Å²) in [5, 5.41) is 9.50. The van der Waals surface area contributed by atoms with Crippen molar-refractivity contribution in [2.45, 2.75) is 33.3 Å². The summed E-state index contributed by atoms with van der Waals surface area (Å²) < 4.78 is 4.90. The van der Waals surface area contributed by atoms with Crippen molar-refractivity contribution >= 4 is 5.97 Å². The van der Waals surface area contributed by atoms with Gasteiger partial charge in [-0.05, 0) is 20.8 Å². The van der Waals surface area contributed by atoms with Crippen LogP contribution in [0, 0.1) is 5.92 Å². The molecule has 15 heavy (non-hydrogen) atoms. The lowest BCUT2D eigenvalue weighted by atomic mass is 9.99. The minimum atomic E-state index is -0.857. The minimum absolute atomic E-state index is 0.0414. The molecule has 0 amide bonds. The normalized spacial score (nSPS) is 13.9. The maximum absolute atomic E-state index is 10.6. The van der Waals surface area contributed by atoms with Gasteiger partial charge in [-0.15, -0.1) is 0 Å². The third-order valence-electron chi connectivity index (χ3n) is 1.84. The highest BCUT2D eigenvalue weighted by molar-refractivity contribution is 5.65. The van der Waals surface area contributed by atoms with Crippen LogP contribution in [0.15, 0.2) is 24.3 Å². The first-order valence-electron chi connectivity index (χ1n) is 4.93. The zero-order chi connectivity index (χ0) is 12.1. The molecule has 0 saturated carbocycles. The van der Waals surface area contributed by atoms with Gasteiger partial charge in [-0.25, -0.2) is 0 Å². The van der Waals surface area contributed by atoms with E-state index in [2.05, 4.69) is 6.58 Å². The second-order valence-electron chi connectivity index (χ2n) is 4.27. The summed E-state index contributed by atoms with van der Waals surface area (Å²) in [5.74, 6) is -0.349. The molecule has 86 valence electrons. The SMILES string of the molecule is C=C(C)C(C=CC(C)(C)O)COC(C)=O.